The minimum absolute atomic E-state index is 0.0999. The van der Waals surface area contributed by atoms with Crippen LogP contribution in [-0.2, 0) is 23.7 Å². The highest BCUT2D eigenvalue weighted by molar-refractivity contribution is 5.69. The molecule has 4 aliphatic carbocycles. The number of ether oxygens (including phenoxy) is 4. The van der Waals surface area contributed by atoms with Crippen LogP contribution in [0.5, 0.6) is 0 Å². The van der Waals surface area contributed by atoms with Crippen LogP contribution in [0.15, 0.2) is 11.3 Å². The van der Waals surface area contributed by atoms with E-state index in [2.05, 4.69) is 27.7 Å². The number of esters is 1. The number of carbonyl (C=O) groups is 1. The topological polar surface area (TPSA) is 135 Å². The molecule has 15 atom stereocenters. The lowest BCUT2D eigenvalue weighted by molar-refractivity contribution is -0.303. The third-order valence-corrected chi connectivity index (χ3v) is 13.9. The summed E-state index contributed by atoms with van der Waals surface area (Å²) in [5.41, 5.74) is 2.10. The highest BCUT2D eigenvalue weighted by Gasteiger charge is 2.64. The predicted molar refractivity (Wildman–Crippen MR) is 176 cm³/mol. The Kier molecular flexibility index (Phi) is 10.5. The molecule has 2 aliphatic heterocycles. The Hall–Kier alpha value is -1.23. The third kappa shape index (κ3) is 6.67. The van der Waals surface area contributed by atoms with E-state index in [9.17, 15) is 25.2 Å². The highest BCUT2D eigenvalue weighted by Crippen LogP contribution is 2.69. The summed E-state index contributed by atoms with van der Waals surface area (Å²) in [5, 5.41) is 41.8. The molecular formula is C38H62O9. The van der Waals surface area contributed by atoms with Crippen LogP contribution >= 0.6 is 0 Å². The normalized spacial score (nSPS) is 46.7. The van der Waals surface area contributed by atoms with Crippen LogP contribution in [-0.4, -0.2) is 82.5 Å². The van der Waals surface area contributed by atoms with Crippen molar-refractivity contribution in [3.05, 3.63) is 11.3 Å². The average Bonchev–Trinajstić information content (AvgIpc) is 3.50. The first-order valence-corrected chi connectivity index (χ1v) is 18.7. The fourth-order valence-electron chi connectivity index (χ4n) is 11.3. The summed E-state index contributed by atoms with van der Waals surface area (Å²) in [6.07, 6.45) is 5.19. The van der Waals surface area contributed by atoms with Crippen LogP contribution in [0.2, 0.25) is 0 Å². The fraction of sp³-hybridized carbons (Fsp3) is 0.921. The van der Waals surface area contributed by atoms with Gasteiger partial charge in [-0.3, -0.25) is 4.79 Å². The number of hydrogen-bond donors (Lipinski definition) is 4. The monoisotopic (exact) mass is 662 g/mol. The molecule has 1 saturated heterocycles. The van der Waals surface area contributed by atoms with Gasteiger partial charge in [-0.1, -0.05) is 34.6 Å². The maximum Gasteiger partial charge on any atom is 0.306 e. The van der Waals surface area contributed by atoms with Crippen LogP contribution in [0.3, 0.4) is 0 Å². The van der Waals surface area contributed by atoms with Crippen molar-refractivity contribution in [1.29, 1.82) is 0 Å². The van der Waals surface area contributed by atoms with Gasteiger partial charge in [-0.25, -0.2) is 0 Å². The molecule has 9 nitrogen and oxygen atoms in total. The predicted octanol–water partition coefficient (Wildman–Crippen LogP) is 5.12. The van der Waals surface area contributed by atoms with E-state index in [0.717, 1.165) is 49.7 Å². The van der Waals surface area contributed by atoms with E-state index in [-0.39, 0.29) is 42.5 Å². The summed E-state index contributed by atoms with van der Waals surface area (Å²) in [5.74, 6) is 4.45. The van der Waals surface area contributed by atoms with Crippen molar-refractivity contribution in [2.45, 2.75) is 155 Å². The zero-order chi connectivity index (χ0) is 33.8. The van der Waals surface area contributed by atoms with E-state index in [1.54, 1.807) is 0 Å². The molecule has 2 heterocycles. The van der Waals surface area contributed by atoms with Crippen molar-refractivity contribution in [2.75, 3.05) is 13.2 Å². The van der Waals surface area contributed by atoms with Gasteiger partial charge in [-0.15, -0.1) is 0 Å². The van der Waals surface area contributed by atoms with Crippen molar-refractivity contribution < 1.29 is 44.2 Å². The number of hydrogen-bond acceptors (Lipinski definition) is 9. The molecule has 4 N–H and O–H groups in total. The van der Waals surface area contributed by atoms with Gasteiger partial charge in [0.05, 0.1) is 18.5 Å². The molecule has 47 heavy (non-hydrogen) atoms. The molecular weight excluding hydrogens is 600 g/mol. The van der Waals surface area contributed by atoms with Crippen LogP contribution in [0.4, 0.5) is 0 Å². The van der Waals surface area contributed by atoms with Gasteiger partial charge in [0.15, 0.2) is 6.29 Å². The van der Waals surface area contributed by atoms with Gasteiger partial charge in [0.25, 0.3) is 0 Å². The molecule has 6 rings (SSSR count). The average molecular weight is 663 g/mol. The van der Waals surface area contributed by atoms with Crippen LogP contribution in [0.1, 0.15) is 112 Å². The van der Waals surface area contributed by atoms with Gasteiger partial charge >= 0.3 is 5.97 Å². The summed E-state index contributed by atoms with van der Waals surface area (Å²) in [4.78, 5) is 12.0. The molecule has 0 spiro atoms. The summed E-state index contributed by atoms with van der Waals surface area (Å²) in [6.45, 7) is 13.4. The number of aliphatic hydroxyl groups excluding tert-OH is 4. The van der Waals surface area contributed by atoms with Gasteiger partial charge in [-0.2, -0.15) is 0 Å². The molecule has 0 bridgehead atoms. The number of allylic oxidation sites excluding steroid dienone is 1. The smallest absolute Gasteiger partial charge is 0.306 e. The van der Waals surface area contributed by atoms with Gasteiger partial charge in [0.1, 0.15) is 37.1 Å². The third-order valence-electron chi connectivity index (χ3n) is 13.9. The molecule has 5 fully saturated rings. The molecule has 0 radical (unpaired) electrons. The Morgan fingerprint density at radius 1 is 0.936 bits per heavy atom. The van der Waals surface area contributed by atoms with Crippen LogP contribution in [0.25, 0.3) is 0 Å². The lowest BCUT2D eigenvalue weighted by Crippen LogP contribution is -2.59. The van der Waals surface area contributed by atoms with Gasteiger partial charge < -0.3 is 39.4 Å². The maximum atomic E-state index is 12.0. The number of aliphatic hydroxyl groups is 4. The molecule has 4 saturated carbocycles. The molecule has 0 amide bonds. The SMILES string of the molecule is CC1=C(CC[C@H](C)CO[C@@H]2O[C@H](COC(=O)CC(C)C)[C@@H](O)[C@H](O)[C@H]2O)O[C@H]2C[C@H]3[C@@H]4CC[C@H]5C[C@@H](O)CC[C@]5(C)[C@H]4CC[C@]3(C)[C@@H]12. The maximum absolute atomic E-state index is 12.0. The summed E-state index contributed by atoms with van der Waals surface area (Å²) < 4.78 is 23.7. The van der Waals surface area contributed by atoms with Gasteiger partial charge in [-0.05, 0) is 117 Å². The lowest BCUT2D eigenvalue weighted by Gasteiger charge is -2.60. The number of carbonyl (C=O) groups excluding carboxylic acids is 1. The second-order valence-electron chi connectivity index (χ2n) is 17.4. The van der Waals surface area contributed by atoms with Crippen molar-refractivity contribution in [1.82, 2.24) is 0 Å². The van der Waals surface area contributed by atoms with E-state index >= 15 is 0 Å². The Balaban J connectivity index is 1.01. The lowest BCUT2D eigenvalue weighted by atomic mass is 9.44. The van der Waals surface area contributed by atoms with Crippen molar-refractivity contribution >= 4 is 5.97 Å². The standard InChI is InChI=1S/C38H62O9/c1-20(2)15-31(40)44-19-30-33(41)34(42)35(43)36(47-30)45-18-21(3)7-10-28-22(4)32-29(46-28)17-27-25-9-8-23-16-24(39)11-13-37(23,5)26(25)12-14-38(27,32)6/h20-21,23-27,29-30,32-36,39,41-43H,7-19H2,1-6H3/t21-,23-,24-,25+,26-,27-,29-,30+,32-,33+,34-,35+,36+,37-,38-/m0/s1. The summed E-state index contributed by atoms with van der Waals surface area (Å²) in [7, 11) is 0. The molecule has 9 heteroatoms. The van der Waals surface area contributed by atoms with Crippen molar-refractivity contribution in [3.8, 4) is 0 Å². The first kappa shape index (κ1) is 35.6. The molecule has 0 aromatic heterocycles. The van der Waals surface area contributed by atoms with Gasteiger partial charge in [0.2, 0.25) is 0 Å². The van der Waals surface area contributed by atoms with Crippen LogP contribution in [0, 0.1) is 52.3 Å². The van der Waals surface area contributed by atoms with Crippen molar-refractivity contribution in [3.63, 3.8) is 0 Å². The molecule has 0 aromatic rings. The number of fused-ring (bicyclic) bond motifs is 7. The van der Waals surface area contributed by atoms with E-state index in [1.807, 2.05) is 13.8 Å². The second kappa shape index (κ2) is 13.8. The van der Waals surface area contributed by atoms with E-state index < -0.39 is 36.7 Å². The minimum atomic E-state index is -1.47. The van der Waals surface area contributed by atoms with Crippen molar-refractivity contribution in [2.24, 2.45) is 52.3 Å². The highest BCUT2D eigenvalue weighted by atomic mass is 16.7. The first-order valence-electron chi connectivity index (χ1n) is 18.7. The van der Waals surface area contributed by atoms with E-state index in [0.29, 0.717) is 29.8 Å². The number of rotatable bonds is 10. The first-order chi connectivity index (χ1) is 22.2. The van der Waals surface area contributed by atoms with E-state index in [1.165, 1.54) is 37.7 Å². The molecule has 0 aromatic carbocycles. The Bertz CT molecular complexity index is 1160. The van der Waals surface area contributed by atoms with E-state index in [4.69, 9.17) is 18.9 Å². The largest absolute Gasteiger partial charge is 0.494 e. The Morgan fingerprint density at radius 2 is 1.68 bits per heavy atom. The molecule has 6 aliphatic rings. The Labute approximate surface area is 281 Å². The zero-order valence-corrected chi connectivity index (χ0v) is 29.6. The summed E-state index contributed by atoms with van der Waals surface area (Å²) >= 11 is 0. The fourth-order valence-corrected chi connectivity index (χ4v) is 11.3. The quantitative estimate of drug-likeness (QED) is 0.235. The Morgan fingerprint density at radius 3 is 2.43 bits per heavy atom. The minimum Gasteiger partial charge on any atom is -0.494 e. The van der Waals surface area contributed by atoms with Crippen LogP contribution < -0.4 is 0 Å². The van der Waals surface area contributed by atoms with Gasteiger partial charge in [0, 0.05) is 18.8 Å². The molecule has 0 unspecified atom stereocenters. The molecule has 268 valence electrons. The zero-order valence-electron chi connectivity index (χ0n) is 29.6. The second-order valence-corrected chi connectivity index (χ2v) is 17.4. The summed E-state index contributed by atoms with van der Waals surface area (Å²) in [6, 6.07) is 0.